The molecule has 17 heavy (non-hydrogen) atoms. The van der Waals surface area contributed by atoms with Crippen molar-refractivity contribution in [3.63, 3.8) is 0 Å². The molecule has 1 aromatic carbocycles. The first-order chi connectivity index (χ1) is 7.69. The van der Waals surface area contributed by atoms with E-state index in [0.717, 1.165) is 0 Å². The van der Waals surface area contributed by atoms with Gasteiger partial charge in [0.2, 0.25) is 0 Å². The first-order valence-corrected chi connectivity index (χ1v) is 7.08. The van der Waals surface area contributed by atoms with Gasteiger partial charge in [-0.1, -0.05) is 28.7 Å². The van der Waals surface area contributed by atoms with Crippen LogP contribution in [0.15, 0.2) is 30.5 Å². The average molecular weight is 341 g/mol. The second-order valence-corrected chi connectivity index (χ2v) is 8.80. The number of hydrogen-bond acceptors (Lipinski definition) is 0. The van der Waals surface area contributed by atoms with Crippen LogP contribution in [0, 0.1) is 0 Å². The Morgan fingerprint density at radius 1 is 1.00 bits per heavy atom. The predicted octanol–water partition coefficient (Wildman–Crippen LogP) is 5.07. The molecule has 0 aliphatic rings. The molecule has 0 saturated carbocycles. The number of benzene rings is 1. The first kappa shape index (κ1) is 12.9. The molecular weight excluding hydrogens is 321 g/mol. The third kappa shape index (κ3) is 2.51. The van der Waals surface area contributed by atoms with Gasteiger partial charge in [0.25, 0.3) is 0 Å². The quantitative estimate of drug-likeness (QED) is 0.504. The molecule has 0 fully saturated rings. The highest BCUT2D eigenvalue weighted by atomic mass is 127. The molecule has 0 unspecified atom stereocenters. The Labute approximate surface area is 117 Å². The number of fused-ring (bicyclic) bond motifs is 1. The number of nitrogens with zero attached hydrogens (tertiary/aromatic N) is 1. The van der Waals surface area contributed by atoms with Gasteiger partial charge in [-0.15, -0.1) is 0 Å². The van der Waals surface area contributed by atoms with E-state index in [-0.39, 0.29) is 8.96 Å². The van der Waals surface area contributed by atoms with E-state index in [2.05, 4.69) is 92.2 Å². The van der Waals surface area contributed by atoms with Crippen LogP contribution in [0.25, 0.3) is 10.9 Å². The fourth-order valence-electron chi connectivity index (χ4n) is 2.10. The van der Waals surface area contributed by atoms with Gasteiger partial charge < -0.3 is 4.57 Å². The van der Waals surface area contributed by atoms with Crippen molar-refractivity contribution >= 4 is 33.5 Å². The van der Waals surface area contributed by atoms with Gasteiger partial charge >= 0.3 is 0 Å². The Balaban J connectivity index is 2.61. The van der Waals surface area contributed by atoms with E-state index in [1.165, 1.54) is 16.5 Å². The zero-order valence-electron chi connectivity index (χ0n) is 11.2. The Morgan fingerprint density at radius 3 is 2.18 bits per heavy atom. The molecule has 0 saturated heterocycles. The van der Waals surface area contributed by atoms with Crippen LogP contribution in [0.1, 0.15) is 40.2 Å². The molecule has 0 radical (unpaired) electrons. The normalized spacial score (nSPS) is 13.3. The van der Waals surface area contributed by atoms with Crippen molar-refractivity contribution in [1.29, 1.82) is 0 Å². The molecule has 0 atom stereocenters. The molecule has 0 aliphatic carbocycles. The molecule has 2 rings (SSSR count). The Morgan fingerprint density at radius 2 is 1.65 bits per heavy atom. The highest BCUT2D eigenvalue weighted by Crippen LogP contribution is 2.33. The standard InChI is InChI=1S/C15H20IN/c1-14(2,3)17-9-8-11-10-12(15(4,5)16)6-7-13(11)17/h6-10H,1-5H3. The lowest BCUT2D eigenvalue weighted by Crippen LogP contribution is -2.20. The van der Waals surface area contributed by atoms with Crippen molar-refractivity contribution in [3.8, 4) is 0 Å². The Kier molecular flexibility index (Phi) is 3.05. The fourth-order valence-corrected chi connectivity index (χ4v) is 2.43. The fraction of sp³-hybridized carbons (Fsp3) is 0.467. The van der Waals surface area contributed by atoms with Gasteiger partial charge in [0.05, 0.1) is 0 Å². The summed E-state index contributed by atoms with van der Waals surface area (Å²) in [6.07, 6.45) is 2.19. The second kappa shape index (κ2) is 4.01. The highest BCUT2D eigenvalue weighted by molar-refractivity contribution is 14.1. The number of rotatable bonds is 1. The summed E-state index contributed by atoms with van der Waals surface area (Å²) in [6, 6.07) is 9.02. The van der Waals surface area contributed by atoms with E-state index in [4.69, 9.17) is 0 Å². The summed E-state index contributed by atoms with van der Waals surface area (Å²) < 4.78 is 2.53. The third-order valence-electron chi connectivity index (χ3n) is 3.10. The van der Waals surface area contributed by atoms with E-state index in [9.17, 15) is 0 Å². The largest absolute Gasteiger partial charge is 0.342 e. The van der Waals surface area contributed by atoms with Crippen LogP contribution >= 0.6 is 22.6 Å². The maximum atomic E-state index is 2.49. The summed E-state index contributed by atoms with van der Waals surface area (Å²) in [5.41, 5.74) is 2.85. The van der Waals surface area contributed by atoms with Gasteiger partial charge in [-0.2, -0.15) is 0 Å². The minimum absolute atomic E-state index is 0.142. The molecule has 0 spiro atoms. The van der Waals surface area contributed by atoms with E-state index in [0.29, 0.717) is 0 Å². The van der Waals surface area contributed by atoms with Crippen LogP contribution in [-0.2, 0) is 8.96 Å². The van der Waals surface area contributed by atoms with Crippen LogP contribution in [-0.4, -0.2) is 4.57 Å². The van der Waals surface area contributed by atoms with Gasteiger partial charge in [-0.3, -0.25) is 0 Å². The Hall–Kier alpha value is -0.510. The minimum Gasteiger partial charge on any atom is -0.342 e. The molecule has 1 aromatic heterocycles. The van der Waals surface area contributed by atoms with E-state index in [1.54, 1.807) is 0 Å². The molecule has 2 heteroatoms. The number of halogens is 1. The zero-order chi connectivity index (χ0) is 12.8. The lowest BCUT2D eigenvalue weighted by Gasteiger charge is -2.23. The van der Waals surface area contributed by atoms with Gasteiger partial charge in [-0.25, -0.2) is 0 Å². The van der Waals surface area contributed by atoms with E-state index >= 15 is 0 Å². The monoisotopic (exact) mass is 341 g/mol. The summed E-state index contributed by atoms with van der Waals surface area (Å²) in [5.74, 6) is 0. The minimum atomic E-state index is 0.142. The molecule has 1 heterocycles. The van der Waals surface area contributed by atoms with Crippen LogP contribution in [0.2, 0.25) is 0 Å². The van der Waals surface area contributed by atoms with Crippen molar-refractivity contribution < 1.29 is 0 Å². The van der Waals surface area contributed by atoms with Crippen molar-refractivity contribution in [3.05, 3.63) is 36.0 Å². The highest BCUT2D eigenvalue weighted by Gasteiger charge is 2.19. The van der Waals surface area contributed by atoms with Gasteiger partial charge in [0, 0.05) is 20.7 Å². The van der Waals surface area contributed by atoms with Crippen molar-refractivity contribution in [2.75, 3.05) is 0 Å². The molecule has 0 aliphatic heterocycles. The first-order valence-electron chi connectivity index (χ1n) is 6.00. The van der Waals surface area contributed by atoms with Gasteiger partial charge in [-0.05, 0) is 63.8 Å². The maximum Gasteiger partial charge on any atom is 0.0485 e. The summed E-state index contributed by atoms with van der Waals surface area (Å²) in [6.45, 7) is 11.2. The lowest BCUT2D eigenvalue weighted by atomic mass is 10.0. The molecule has 92 valence electrons. The predicted molar refractivity (Wildman–Crippen MR) is 84.0 cm³/mol. The van der Waals surface area contributed by atoms with Gasteiger partial charge in [0.1, 0.15) is 0 Å². The van der Waals surface area contributed by atoms with Crippen molar-refractivity contribution in [1.82, 2.24) is 4.57 Å². The number of hydrogen-bond donors (Lipinski definition) is 0. The molecule has 0 bridgehead atoms. The summed E-state index contributed by atoms with van der Waals surface area (Å²) >= 11 is 2.49. The Bertz CT molecular complexity index is 538. The van der Waals surface area contributed by atoms with Crippen molar-refractivity contribution in [2.45, 2.75) is 43.6 Å². The lowest BCUT2D eigenvalue weighted by molar-refractivity contribution is 0.411. The van der Waals surface area contributed by atoms with Crippen LogP contribution in [0.5, 0.6) is 0 Å². The van der Waals surface area contributed by atoms with Crippen LogP contribution < -0.4 is 0 Å². The third-order valence-corrected chi connectivity index (χ3v) is 3.72. The van der Waals surface area contributed by atoms with E-state index in [1.807, 2.05) is 0 Å². The summed E-state index contributed by atoms with van der Waals surface area (Å²) in [7, 11) is 0. The van der Waals surface area contributed by atoms with Crippen molar-refractivity contribution in [2.24, 2.45) is 0 Å². The number of aromatic nitrogens is 1. The summed E-state index contributed by atoms with van der Waals surface area (Å²) in [5, 5.41) is 1.34. The zero-order valence-corrected chi connectivity index (χ0v) is 13.4. The molecule has 2 aromatic rings. The van der Waals surface area contributed by atoms with E-state index < -0.39 is 0 Å². The van der Waals surface area contributed by atoms with Crippen LogP contribution in [0.4, 0.5) is 0 Å². The maximum absolute atomic E-state index is 2.49. The number of alkyl halides is 1. The average Bonchev–Trinajstić information content (AvgIpc) is 2.57. The molecule has 1 nitrogen and oxygen atoms in total. The molecule has 0 N–H and O–H groups in total. The SMILES string of the molecule is CC(C)(I)c1ccc2c(ccn2C(C)(C)C)c1. The molecule has 0 amide bonds. The topological polar surface area (TPSA) is 4.93 Å². The second-order valence-electron chi connectivity index (χ2n) is 6.10. The summed E-state index contributed by atoms with van der Waals surface area (Å²) in [4.78, 5) is 0. The smallest absolute Gasteiger partial charge is 0.0485 e. The van der Waals surface area contributed by atoms with Crippen LogP contribution in [0.3, 0.4) is 0 Å². The molecular formula is C15H20IN. The van der Waals surface area contributed by atoms with Gasteiger partial charge in [0.15, 0.2) is 0 Å².